The van der Waals surface area contributed by atoms with Crippen LogP contribution in [0.3, 0.4) is 0 Å². The van der Waals surface area contributed by atoms with Crippen LogP contribution in [0, 0.1) is 0 Å². The molecule has 152 valence electrons. The lowest BCUT2D eigenvalue weighted by atomic mass is 10.1. The zero-order chi connectivity index (χ0) is 20.4. The molecule has 3 aromatic rings. The fourth-order valence-corrected chi connectivity index (χ4v) is 7.24. The van der Waals surface area contributed by atoms with Gasteiger partial charge < -0.3 is 9.64 Å². The number of rotatable bonds is 5. The molecule has 2 heterocycles. The Morgan fingerprint density at radius 1 is 1.10 bits per heavy atom. The number of para-hydroxylation sites is 1. The second-order valence-corrected chi connectivity index (χ2v) is 10.8. The monoisotopic (exact) mass is 492 g/mol. The molecule has 0 spiro atoms. The van der Waals surface area contributed by atoms with Crippen LogP contribution >= 0.6 is 27.3 Å². The van der Waals surface area contributed by atoms with E-state index in [1.165, 1.54) is 0 Å². The van der Waals surface area contributed by atoms with E-state index in [0.717, 1.165) is 22.1 Å². The maximum absolute atomic E-state index is 13.0. The van der Waals surface area contributed by atoms with Crippen LogP contribution in [0.15, 0.2) is 63.3 Å². The number of benzene rings is 2. The average molecular weight is 493 g/mol. The van der Waals surface area contributed by atoms with Crippen LogP contribution in [-0.2, 0) is 9.84 Å². The summed E-state index contributed by atoms with van der Waals surface area (Å²) in [6.07, 6.45) is 1.18. The molecule has 29 heavy (non-hydrogen) atoms. The molecule has 1 fully saturated rings. The smallest absolute Gasteiger partial charge is 0.185 e. The third-order valence-corrected chi connectivity index (χ3v) is 9.34. The van der Waals surface area contributed by atoms with E-state index in [1.54, 1.807) is 36.6 Å². The Hall–Kier alpha value is -1.90. The number of nitrogens with zero attached hydrogens (tertiary/aromatic N) is 2. The second kappa shape index (κ2) is 8.45. The quantitative estimate of drug-likeness (QED) is 0.500. The lowest BCUT2D eigenvalue weighted by molar-refractivity contribution is 0.416. The van der Waals surface area contributed by atoms with E-state index in [0.29, 0.717) is 35.3 Å². The molecule has 0 unspecified atom stereocenters. The normalized spacial score (nSPS) is 15.4. The average Bonchev–Trinajstić information content (AvgIpc) is 3.24. The number of ether oxygens (including phenoxy) is 1. The van der Waals surface area contributed by atoms with Gasteiger partial charge >= 0.3 is 0 Å². The molecular formula is C21H21BrN2O3S2. The topological polar surface area (TPSA) is 59.5 Å². The maximum atomic E-state index is 13.0. The van der Waals surface area contributed by atoms with E-state index in [1.807, 2.05) is 35.7 Å². The van der Waals surface area contributed by atoms with E-state index >= 15 is 0 Å². The van der Waals surface area contributed by atoms with Gasteiger partial charge in [-0.1, -0.05) is 24.3 Å². The van der Waals surface area contributed by atoms with Crippen molar-refractivity contribution < 1.29 is 13.2 Å². The summed E-state index contributed by atoms with van der Waals surface area (Å²) in [6, 6.07) is 14.9. The van der Waals surface area contributed by atoms with Crippen molar-refractivity contribution in [2.45, 2.75) is 23.0 Å². The Bertz CT molecular complexity index is 1110. The number of sulfone groups is 1. The highest BCUT2D eigenvalue weighted by Gasteiger charge is 2.33. The molecule has 1 saturated heterocycles. The summed E-state index contributed by atoms with van der Waals surface area (Å²) in [5.74, 6) is 0.794. The van der Waals surface area contributed by atoms with Crippen molar-refractivity contribution >= 4 is 42.2 Å². The van der Waals surface area contributed by atoms with Crippen LogP contribution in [0.25, 0.3) is 11.3 Å². The maximum Gasteiger partial charge on any atom is 0.185 e. The summed E-state index contributed by atoms with van der Waals surface area (Å²) in [6.45, 7) is 1.35. The van der Waals surface area contributed by atoms with E-state index < -0.39 is 9.84 Å². The Kier molecular flexibility index (Phi) is 5.94. The number of anilines is 1. The number of thiazole rings is 1. The Morgan fingerprint density at radius 2 is 1.79 bits per heavy atom. The highest BCUT2D eigenvalue weighted by Crippen LogP contribution is 2.35. The fraction of sp³-hybridized carbons (Fsp3) is 0.286. The van der Waals surface area contributed by atoms with Gasteiger partial charge in [-0.25, -0.2) is 13.4 Å². The summed E-state index contributed by atoms with van der Waals surface area (Å²) in [4.78, 5) is 7.34. The lowest BCUT2D eigenvalue weighted by Crippen LogP contribution is -2.39. The van der Waals surface area contributed by atoms with Gasteiger partial charge in [0.25, 0.3) is 0 Å². The SMILES string of the molecule is COc1ccccc1-c1csc(N2CCC(S(=O)(=O)c3ccccc3Br)CC2)n1. The molecule has 1 aliphatic rings. The van der Waals surface area contributed by atoms with Crippen molar-refractivity contribution in [3.8, 4) is 17.0 Å². The van der Waals surface area contributed by atoms with Gasteiger partial charge in [-0.2, -0.15) is 0 Å². The molecule has 0 atom stereocenters. The van der Waals surface area contributed by atoms with Crippen molar-refractivity contribution in [3.05, 3.63) is 58.4 Å². The van der Waals surface area contributed by atoms with E-state index in [-0.39, 0.29) is 5.25 Å². The molecule has 0 amide bonds. The van der Waals surface area contributed by atoms with Crippen LogP contribution in [0.5, 0.6) is 5.75 Å². The summed E-state index contributed by atoms with van der Waals surface area (Å²) < 4.78 is 32.1. The van der Waals surface area contributed by atoms with Gasteiger partial charge in [0.15, 0.2) is 15.0 Å². The lowest BCUT2D eigenvalue weighted by Gasteiger charge is -2.31. The second-order valence-electron chi connectivity index (χ2n) is 6.88. The van der Waals surface area contributed by atoms with Crippen LogP contribution in [-0.4, -0.2) is 38.9 Å². The predicted octanol–water partition coefficient (Wildman–Crippen LogP) is 5.02. The van der Waals surface area contributed by atoms with Crippen molar-refractivity contribution in [2.75, 3.05) is 25.1 Å². The molecule has 8 heteroatoms. The predicted molar refractivity (Wildman–Crippen MR) is 121 cm³/mol. The van der Waals surface area contributed by atoms with E-state index in [2.05, 4.69) is 20.8 Å². The molecule has 2 aromatic carbocycles. The third-order valence-electron chi connectivity index (χ3n) is 5.17. The van der Waals surface area contributed by atoms with Crippen molar-refractivity contribution in [1.29, 1.82) is 0 Å². The van der Waals surface area contributed by atoms with E-state index in [4.69, 9.17) is 9.72 Å². The Balaban J connectivity index is 1.48. The third kappa shape index (κ3) is 4.06. The molecule has 0 aliphatic carbocycles. The molecular weight excluding hydrogens is 472 g/mol. The van der Waals surface area contributed by atoms with E-state index in [9.17, 15) is 8.42 Å². The largest absolute Gasteiger partial charge is 0.496 e. The number of methoxy groups -OCH3 is 1. The number of piperidine rings is 1. The highest BCUT2D eigenvalue weighted by atomic mass is 79.9. The van der Waals surface area contributed by atoms with Crippen molar-refractivity contribution in [2.24, 2.45) is 0 Å². The molecule has 1 aromatic heterocycles. The van der Waals surface area contributed by atoms with Crippen molar-refractivity contribution in [3.63, 3.8) is 0 Å². The molecule has 5 nitrogen and oxygen atoms in total. The van der Waals surface area contributed by atoms with Gasteiger partial charge in [-0.05, 0) is 53.0 Å². The van der Waals surface area contributed by atoms with Crippen LogP contribution in [0.4, 0.5) is 5.13 Å². The zero-order valence-electron chi connectivity index (χ0n) is 15.9. The molecule has 0 bridgehead atoms. The Morgan fingerprint density at radius 3 is 2.52 bits per heavy atom. The van der Waals surface area contributed by atoms with Gasteiger partial charge in [0, 0.05) is 28.5 Å². The van der Waals surface area contributed by atoms with Gasteiger partial charge in [0.1, 0.15) is 5.75 Å². The minimum atomic E-state index is -3.35. The van der Waals surface area contributed by atoms with Crippen molar-refractivity contribution in [1.82, 2.24) is 4.98 Å². The first-order valence-electron chi connectivity index (χ1n) is 9.33. The summed E-state index contributed by atoms with van der Waals surface area (Å²) in [5.41, 5.74) is 1.84. The summed E-state index contributed by atoms with van der Waals surface area (Å²) in [7, 11) is -1.70. The van der Waals surface area contributed by atoms with Gasteiger partial charge in [-0.3, -0.25) is 0 Å². The molecule has 0 N–H and O–H groups in total. The van der Waals surface area contributed by atoms with Gasteiger partial charge in [0.2, 0.25) is 0 Å². The summed E-state index contributed by atoms with van der Waals surface area (Å²) in [5, 5.41) is 2.57. The number of halogens is 1. The number of aromatic nitrogens is 1. The molecule has 0 radical (unpaired) electrons. The molecule has 1 aliphatic heterocycles. The zero-order valence-corrected chi connectivity index (χ0v) is 19.1. The standard InChI is InChI=1S/C21H21BrN2O3S2/c1-27-19-8-4-2-6-16(19)18-14-28-21(23-18)24-12-10-15(11-13-24)29(25,26)20-9-5-3-7-17(20)22/h2-9,14-15H,10-13H2,1H3. The molecule has 4 rings (SSSR count). The molecule has 0 saturated carbocycles. The van der Waals surface area contributed by atoms with Gasteiger partial charge in [0.05, 0.1) is 22.9 Å². The first kappa shape index (κ1) is 20.4. The van der Waals surface area contributed by atoms with Crippen LogP contribution < -0.4 is 9.64 Å². The minimum Gasteiger partial charge on any atom is -0.496 e. The first-order valence-corrected chi connectivity index (χ1v) is 12.5. The van der Waals surface area contributed by atoms with Crippen LogP contribution in [0.2, 0.25) is 0 Å². The minimum absolute atomic E-state index is 0.369. The van der Waals surface area contributed by atoms with Gasteiger partial charge in [-0.15, -0.1) is 11.3 Å². The highest BCUT2D eigenvalue weighted by molar-refractivity contribution is 9.10. The number of hydrogen-bond donors (Lipinski definition) is 0. The number of hydrogen-bond acceptors (Lipinski definition) is 6. The summed E-state index contributed by atoms with van der Waals surface area (Å²) >= 11 is 4.96. The Labute approximate surface area is 183 Å². The first-order chi connectivity index (χ1) is 14.0. The van der Waals surface area contributed by atoms with Crippen LogP contribution in [0.1, 0.15) is 12.8 Å². The fourth-order valence-electron chi connectivity index (χ4n) is 3.60.